The molecular weight excluding hydrogens is 210 g/mol. The molecule has 15 heavy (non-hydrogen) atoms. The molecule has 0 aliphatic carbocycles. The van der Waals surface area contributed by atoms with Gasteiger partial charge in [0.05, 0.1) is 11.5 Å². The summed E-state index contributed by atoms with van der Waals surface area (Å²) >= 11 is 4.84. The lowest BCUT2D eigenvalue weighted by Gasteiger charge is -2.25. The summed E-state index contributed by atoms with van der Waals surface area (Å²) in [4.78, 5) is 13.9. The SMILES string of the molecule is CC(C)NC(=O)CN(CC(N)=S)C(C)C. The first kappa shape index (κ1) is 14.3. The molecule has 0 aliphatic rings. The number of rotatable bonds is 6. The van der Waals surface area contributed by atoms with Gasteiger partial charge in [0.25, 0.3) is 0 Å². The first-order valence-electron chi connectivity index (χ1n) is 5.14. The Morgan fingerprint density at radius 3 is 2.20 bits per heavy atom. The van der Waals surface area contributed by atoms with Crippen molar-refractivity contribution in [3.8, 4) is 0 Å². The van der Waals surface area contributed by atoms with Gasteiger partial charge >= 0.3 is 0 Å². The lowest BCUT2D eigenvalue weighted by Crippen LogP contribution is -2.45. The molecule has 0 aromatic rings. The van der Waals surface area contributed by atoms with Gasteiger partial charge in [-0.3, -0.25) is 9.69 Å². The molecule has 0 heterocycles. The van der Waals surface area contributed by atoms with E-state index in [0.717, 1.165) is 0 Å². The van der Waals surface area contributed by atoms with Crippen LogP contribution >= 0.6 is 12.2 Å². The zero-order chi connectivity index (χ0) is 12.0. The van der Waals surface area contributed by atoms with E-state index in [1.54, 1.807) is 0 Å². The molecule has 0 bridgehead atoms. The molecule has 0 atom stereocenters. The molecule has 0 unspecified atom stereocenters. The van der Waals surface area contributed by atoms with Crippen molar-refractivity contribution < 1.29 is 4.79 Å². The van der Waals surface area contributed by atoms with Crippen LogP contribution in [0.2, 0.25) is 0 Å². The highest BCUT2D eigenvalue weighted by molar-refractivity contribution is 7.80. The number of hydrogen-bond donors (Lipinski definition) is 2. The van der Waals surface area contributed by atoms with Gasteiger partial charge < -0.3 is 11.1 Å². The number of nitrogens with one attached hydrogen (secondary N) is 1. The third-order valence-corrected chi connectivity index (χ3v) is 2.01. The molecule has 0 rings (SSSR count). The maximum Gasteiger partial charge on any atom is 0.234 e. The topological polar surface area (TPSA) is 58.4 Å². The number of thiocarbonyl (C=S) groups is 1. The number of hydrogen-bond acceptors (Lipinski definition) is 3. The fourth-order valence-electron chi connectivity index (χ4n) is 1.17. The van der Waals surface area contributed by atoms with Gasteiger partial charge in [-0.1, -0.05) is 12.2 Å². The molecular formula is C10H21N3OS. The van der Waals surface area contributed by atoms with Crippen LogP contribution in [0.5, 0.6) is 0 Å². The smallest absolute Gasteiger partial charge is 0.234 e. The summed E-state index contributed by atoms with van der Waals surface area (Å²) in [5, 5.41) is 2.84. The summed E-state index contributed by atoms with van der Waals surface area (Å²) in [6, 6.07) is 0.417. The Morgan fingerprint density at radius 2 is 1.87 bits per heavy atom. The molecule has 0 aromatic carbocycles. The highest BCUT2D eigenvalue weighted by atomic mass is 32.1. The van der Waals surface area contributed by atoms with Crippen LogP contribution in [-0.2, 0) is 4.79 Å². The standard InChI is InChI=1S/C10H21N3OS/c1-7(2)12-10(14)6-13(8(3)4)5-9(11)15/h7-8H,5-6H2,1-4H3,(H2,11,15)(H,12,14). The Bertz CT molecular complexity index is 229. The predicted octanol–water partition coefficient (Wildman–Crippen LogP) is 0.508. The molecule has 0 aliphatic heterocycles. The number of carbonyl (C=O) groups excluding carboxylic acids is 1. The summed E-state index contributed by atoms with van der Waals surface area (Å²) in [6.45, 7) is 8.73. The van der Waals surface area contributed by atoms with E-state index in [9.17, 15) is 4.79 Å². The summed E-state index contributed by atoms with van der Waals surface area (Å²) in [7, 11) is 0. The van der Waals surface area contributed by atoms with Crippen molar-refractivity contribution in [2.75, 3.05) is 13.1 Å². The number of nitrogens with two attached hydrogens (primary N) is 1. The third kappa shape index (κ3) is 7.27. The highest BCUT2D eigenvalue weighted by Crippen LogP contribution is 1.97. The van der Waals surface area contributed by atoms with Gasteiger partial charge in [-0.2, -0.15) is 0 Å². The van der Waals surface area contributed by atoms with Gasteiger partial charge in [-0.25, -0.2) is 0 Å². The van der Waals surface area contributed by atoms with Gasteiger partial charge in [0.2, 0.25) is 5.91 Å². The minimum absolute atomic E-state index is 0.00921. The lowest BCUT2D eigenvalue weighted by molar-refractivity contribution is -0.122. The minimum atomic E-state index is 0.00921. The number of carbonyl (C=O) groups is 1. The average Bonchev–Trinajstić information content (AvgIpc) is 1.99. The van der Waals surface area contributed by atoms with Gasteiger partial charge in [-0.15, -0.1) is 0 Å². The normalized spacial score (nSPS) is 11.1. The monoisotopic (exact) mass is 231 g/mol. The Hall–Kier alpha value is -0.680. The van der Waals surface area contributed by atoms with Crippen molar-refractivity contribution in [3.05, 3.63) is 0 Å². The maximum absolute atomic E-state index is 11.5. The largest absolute Gasteiger partial charge is 0.392 e. The summed E-state index contributed by atoms with van der Waals surface area (Å²) in [5.41, 5.74) is 5.47. The quantitative estimate of drug-likeness (QED) is 0.654. The van der Waals surface area contributed by atoms with Crippen LogP contribution in [0, 0.1) is 0 Å². The summed E-state index contributed by atoms with van der Waals surface area (Å²) in [5.74, 6) is 0.00921. The average molecular weight is 231 g/mol. The molecule has 88 valence electrons. The van der Waals surface area contributed by atoms with Crippen molar-refractivity contribution in [1.29, 1.82) is 0 Å². The van der Waals surface area contributed by atoms with Gasteiger partial charge in [0.1, 0.15) is 0 Å². The van der Waals surface area contributed by atoms with Crippen molar-refractivity contribution in [2.24, 2.45) is 5.73 Å². The lowest BCUT2D eigenvalue weighted by atomic mass is 10.3. The van der Waals surface area contributed by atoms with Crippen LogP contribution in [0.1, 0.15) is 27.7 Å². The highest BCUT2D eigenvalue weighted by Gasteiger charge is 2.14. The van der Waals surface area contributed by atoms with E-state index >= 15 is 0 Å². The number of amides is 1. The van der Waals surface area contributed by atoms with Crippen LogP contribution in [0.3, 0.4) is 0 Å². The third-order valence-electron chi connectivity index (χ3n) is 1.89. The van der Waals surface area contributed by atoms with E-state index in [1.807, 2.05) is 32.6 Å². The maximum atomic E-state index is 11.5. The van der Waals surface area contributed by atoms with E-state index in [1.165, 1.54) is 0 Å². The molecule has 0 saturated carbocycles. The zero-order valence-corrected chi connectivity index (χ0v) is 10.7. The second kappa shape index (κ2) is 6.74. The Morgan fingerprint density at radius 1 is 1.33 bits per heavy atom. The van der Waals surface area contributed by atoms with Crippen LogP contribution in [0.25, 0.3) is 0 Å². The zero-order valence-electron chi connectivity index (χ0n) is 9.91. The Balaban J connectivity index is 4.16. The van der Waals surface area contributed by atoms with E-state index < -0.39 is 0 Å². The first-order valence-corrected chi connectivity index (χ1v) is 5.55. The van der Waals surface area contributed by atoms with Crippen molar-refractivity contribution >= 4 is 23.1 Å². The Kier molecular flexibility index (Phi) is 6.43. The number of nitrogens with zero attached hydrogens (tertiary/aromatic N) is 1. The minimum Gasteiger partial charge on any atom is -0.392 e. The fraction of sp³-hybridized carbons (Fsp3) is 0.800. The van der Waals surface area contributed by atoms with E-state index in [0.29, 0.717) is 18.1 Å². The predicted molar refractivity (Wildman–Crippen MR) is 66.8 cm³/mol. The Labute approximate surface area is 97.2 Å². The summed E-state index contributed by atoms with van der Waals surface area (Å²) in [6.07, 6.45) is 0. The van der Waals surface area contributed by atoms with Crippen molar-refractivity contribution in [2.45, 2.75) is 39.8 Å². The molecule has 4 nitrogen and oxygen atoms in total. The summed E-state index contributed by atoms with van der Waals surface area (Å²) < 4.78 is 0. The molecule has 0 aromatic heterocycles. The fourth-order valence-corrected chi connectivity index (χ4v) is 1.34. The second-order valence-electron chi connectivity index (χ2n) is 4.19. The molecule has 0 saturated heterocycles. The van der Waals surface area contributed by atoms with Crippen molar-refractivity contribution in [1.82, 2.24) is 10.2 Å². The van der Waals surface area contributed by atoms with E-state index in [4.69, 9.17) is 18.0 Å². The molecule has 0 fully saturated rings. The van der Waals surface area contributed by atoms with Crippen molar-refractivity contribution in [3.63, 3.8) is 0 Å². The molecule has 0 radical (unpaired) electrons. The van der Waals surface area contributed by atoms with E-state index in [-0.39, 0.29) is 18.0 Å². The van der Waals surface area contributed by atoms with Gasteiger partial charge in [-0.05, 0) is 27.7 Å². The van der Waals surface area contributed by atoms with Crippen LogP contribution in [0.15, 0.2) is 0 Å². The molecule has 3 N–H and O–H groups in total. The van der Waals surface area contributed by atoms with Crippen LogP contribution in [0.4, 0.5) is 0 Å². The van der Waals surface area contributed by atoms with E-state index in [2.05, 4.69) is 5.32 Å². The van der Waals surface area contributed by atoms with Gasteiger partial charge in [0.15, 0.2) is 0 Å². The van der Waals surface area contributed by atoms with Crippen LogP contribution < -0.4 is 11.1 Å². The second-order valence-corrected chi connectivity index (χ2v) is 4.71. The van der Waals surface area contributed by atoms with Crippen LogP contribution in [-0.4, -0.2) is 41.0 Å². The molecule has 1 amide bonds. The molecule has 5 heteroatoms. The molecule has 0 spiro atoms. The first-order chi connectivity index (χ1) is 6.82. The van der Waals surface area contributed by atoms with Gasteiger partial charge in [0, 0.05) is 18.6 Å².